The first-order valence-corrected chi connectivity index (χ1v) is 4.96. The quantitative estimate of drug-likeness (QED) is 0.797. The number of aromatic nitrogens is 1. The summed E-state index contributed by atoms with van der Waals surface area (Å²) in [5.74, 6) is 0.292. The van der Waals surface area contributed by atoms with E-state index in [2.05, 4.69) is 4.98 Å². The summed E-state index contributed by atoms with van der Waals surface area (Å²) in [6, 6.07) is 8.90. The molecule has 15 heavy (non-hydrogen) atoms. The molecule has 1 heterocycles. The molecule has 2 aromatic rings. The largest absolute Gasteiger partial charge is 0.508 e. The zero-order valence-corrected chi connectivity index (χ0v) is 8.99. The van der Waals surface area contributed by atoms with E-state index in [-0.39, 0.29) is 0 Å². The number of hydrogen-bond acceptors (Lipinski definition) is 2. The van der Waals surface area contributed by atoms with Crippen molar-refractivity contribution in [2.45, 2.75) is 6.92 Å². The third-order valence-electron chi connectivity index (χ3n) is 2.21. The number of aromatic hydroxyl groups is 1. The van der Waals surface area contributed by atoms with E-state index in [0.717, 1.165) is 16.8 Å². The van der Waals surface area contributed by atoms with Gasteiger partial charge in [-0.1, -0.05) is 11.6 Å². The summed E-state index contributed by atoms with van der Waals surface area (Å²) in [5, 5.41) is 10.1. The molecule has 0 bridgehead atoms. The Bertz CT molecular complexity index is 497. The van der Waals surface area contributed by atoms with Gasteiger partial charge in [0.1, 0.15) is 5.75 Å². The first-order valence-electron chi connectivity index (χ1n) is 4.58. The van der Waals surface area contributed by atoms with Gasteiger partial charge < -0.3 is 5.11 Å². The van der Waals surface area contributed by atoms with Gasteiger partial charge in [0.15, 0.2) is 0 Å². The van der Waals surface area contributed by atoms with E-state index in [1.54, 1.807) is 24.4 Å². The van der Waals surface area contributed by atoms with Crippen LogP contribution in [0.2, 0.25) is 5.02 Å². The maximum absolute atomic E-state index is 9.40. The molecule has 2 nitrogen and oxygen atoms in total. The molecule has 0 aliphatic carbocycles. The predicted molar refractivity (Wildman–Crippen MR) is 61.1 cm³/mol. The first-order chi connectivity index (χ1) is 7.16. The maximum Gasteiger partial charge on any atom is 0.118 e. The lowest BCUT2D eigenvalue weighted by Gasteiger charge is -2.03. The highest BCUT2D eigenvalue weighted by Crippen LogP contribution is 2.25. The van der Waals surface area contributed by atoms with Crippen LogP contribution in [0, 0.1) is 6.92 Å². The fourth-order valence-electron chi connectivity index (χ4n) is 1.38. The van der Waals surface area contributed by atoms with Crippen molar-refractivity contribution in [1.29, 1.82) is 0 Å². The number of halogens is 1. The van der Waals surface area contributed by atoms with Crippen LogP contribution in [0.25, 0.3) is 11.3 Å². The molecule has 2 rings (SSSR count). The van der Waals surface area contributed by atoms with Gasteiger partial charge in [0.25, 0.3) is 0 Å². The first kappa shape index (κ1) is 9.99. The topological polar surface area (TPSA) is 33.1 Å². The van der Waals surface area contributed by atoms with Gasteiger partial charge in [-0.25, -0.2) is 0 Å². The van der Waals surface area contributed by atoms with Crippen LogP contribution < -0.4 is 0 Å². The lowest BCUT2D eigenvalue weighted by molar-refractivity contribution is 0.471. The summed E-state index contributed by atoms with van der Waals surface area (Å²) in [5.41, 5.74) is 2.59. The highest BCUT2D eigenvalue weighted by molar-refractivity contribution is 6.30. The number of pyridine rings is 1. The molecule has 0 fully saturated rings. The molecule has 1 aromatic heterocycles. The van der Waals surface area contributed by atoms with E-state index in [4.69, 9.17) is 11.6 Å². The van der Waals surface area contributed by atoms with Gasteiger partial charge >= 0.3 is 0 Å². The zero-order chi connectivity index (χ0) is 10.8. The van der Waals surface area contributed by atoms with Crippen LogP contribution >= 0.6 is 11.6 Å². The highest BCUT2D eigenvalue weighted by atomic mass is 35.5. The number of nitrogens with zero attached hydrogens (tertiary/aromatic N) is 1. The Morgan fingerprint density at radius 1 is 1.20 bits per heavy atom. The van der Waals surface area contributed by atoms with Crippen molar-refractivity contribution >= 4 is 11.6 Å². The molecule has 1 aromatic carbocycles. The summed E-state index contributed by atoms with van der Waals surface area (Å²) in [6.45, 7) is 1.85. The summed E-state index contributed by atoms with van der Waals surface area (Å²) >= 11 is 5.88. The smallest absolute Gasteiger partial charge is 0.118 e. The summed E-state index contributed by atoms with van der Waals surface area (Å²) in [4.78, 5) is 4.21. The fourth-order valence-corrected chi connectivity index (χ4v) is 1.54. The summed E-state index contributed by atoms with van der Waals surface area (Å²) < 4.78 is 0. The van der Waals surface area contributed by atoms with Crippen molar-refractivity contribution in [2.24, 2.45) is 0 Å². The van der Waals surface area contributed by atoms with E-state index >= 15 is 0 Å². The third-order valence-corrected chi connectivity index (χ3v) is 2.45. The second kappa shape index (κ2) is 3.91. The van der Waals surface area contributed by atoms with Crippen molar-refractivity contribution in [3.63, 3.8) is 0 Å². The van der Waals surface area contributed by atoms with Crippen LogP contribution in [0.15, 0.2) is 36.5 Å². The third kappa shape index (κ3) is 2.10. The average molecular weight is 220 g/mol. The summed E-state index contributed by atoms with van der Waals surface area (Å²) in [7, 11) is 0. The van der Waals surface area contributed by atoms with Crippen LogP contribution in [0.4, 0.5) is 0 Å². The van der Waals surface area contributed by atoms with Gasteiger partial charge in [0.05, 0.1) is 5.69 Å². The van der Waals surface area contributed by atoms with Crippen LogP contribution in [0.5, 0.6) is 5.75 Å². The normalized spacial score (nSPS) is 10.3. The number of hydrogen-bond donors (Lipinski definition) is 1. The number of rotatable bonds is 1. The minimum atomic E-state index is 0.292. The van der Waals surface area contributed by atoms with Gasteiger partial charge in [-0.2, -0.15) is 0 Å². The van der Waals surface area contributed by atoms with E-state index in [1.807, 2.05) is 19.1 Å². The average Bonchev–Trinajstić information content (AvgIpc) is 2.22. The minimum Gasteiger partial charge on any atom is -0.508 e. The number of phenols is 1. The Hall–Kier alpha value is -1.54. The molecule has 3 heteroatoms. The second-order valence-corrected chi connectivity index (χ2v) is 3.80. The van der Waals surface area contributed by atoms with E-state index < -0.39 is 0 Å². The van der Waals surface area contributed by atoms with Crippen molar-refractivity contribution in [3.8, 4) is 17.0 Å². The van der Waals surface area contributed by atoms with Gasteiger partial charge in [0.2, 0.25) is 0 Å². The monoisotopic (exact) mass is 219 g/mol. The minimum absolute atomic E-state index is 0.292. The molecule has 0 amide bonds. The Morgan fingerprint density at radius 3 is 2.67 bits per heavy atom. The van der Waals surface area contributed by atoms with E-state index in [9.17, 15) is 5.11 Å². The van der Waals surface area contributed by atoms with Gasteiger partial charge in [-0.3, -0.25) is 4.98 Å². The predicted octanol–water partition coefficient (Wildman–Crippen LogP) is 3.42. The Balaban J connectivity index is 2.50. The van der Waals surface area contributed by atoms with Crippen molar-refractivity contribution in [2.75, 3.05) is 0 Å². The van der Waals surface area contributed by atoms with Gasteiger partial charge in [-0.15, -0.1) is 0 Å². The molecule has 0 unspecified atom stereocenters. The molecule has 0 aliphatic heterocycles. The van der Waals surface area contributed by atoms with Crippen molar-refractivity contribution in [3.05, 3.63) is 47.1 Å². The molecule has 0 saturated carbocycles. The van der Waals surface area contributed by atoms with Crippen LogP contribution in [0.1, 0.15) is 5.56 Å². The SMILES string of the molecule is Cc1cc(-c2cc(Cl)ccn2)ccc1O. The maximum atomic E-state index is 9.40. The molecule has 76 valence electrons. The molecule has 0 saturated heterocycles. The van der Waals surface area contributed by atoms with Crippen molar-refractivity contribution in [1.82, 2.24) is 4.98 Å². The van der Waals surface area contributed by atoms with E-state index in [0.29, 0.717) is 10.8 Å². The second-order valence-electron chi connectivity index (χ2n) is 3.36. The van der Waals surface area contributed by atoms with Crippen LogP contribution in [-0.4, -0.2) is 10.1 Å². The lowest BCUT2D eigenvalue weighted by Crippen LogP contribution is -1.84. The zero-order valence-electron chi connectivity index (χ0n) is 8.24. The van der Waals surface area contributed by atoms with Crippen molar-refractivity contribution < 1.29 is 5.11 Å². The number of phenolic OH excluding ortho intramolecular Hbond substituents is 1. The molecule has 0 aliphatic rings. The molecule has 0 atom stereocenters. The van der Waals surface area contributed by atoms with Crippen LogP contribution in [0.3, 0.4) is 0 Å². The highest BCUT2D eigenvalue weighted by Gasteiger charge is 2.02. The number of aryl methyl sites for hydroxylation is 1. The fraction of sp³-hybridized carbons (Fsp3) is 0.0833. The molecular weight excluding hydrogens is 210 g/mol. The van der Waals surface area contributed by atoms with Gasteiger partial charge in [-0.05, 0) is 42.8 Å². The molecule has 0 spiro atoms. The number of benzene rings is 1. The Morgan fingerprint density at radius 2 is 2.00 bits per heavy atom. The Kier molecular flexibility index (Phi) is 2.60. The molecular formula is C12H10ClNO. The van der Waals surface area contributed by atoms with E-state index in [1.165, 1.54) is 0 Å². The lowest BCUT2D eigenvalue weighted by atomic mass is 10.1. The standard InChI is InChI=1S/C12H10ClNO/c1-8-6-9(2-3-12(8)15)11-7-10(13)4-5-14-11/h2-7,15H,1H3. The summed E-state index contributed by atoms with van der Waals surface area (Å²) in [6.07, 6.45) is 1.67. The van der Waals surface area contributed by atoms with Gasteiger partial charge in [0, 0.05) is 16.8 Å². The Labute approximate surface area is 93.2 Å². The van der Waals surface area contributed by atoms with Crippen LogP contribution in [-0.2, 0) is 0 Å². The molecule has 0 radical (unpaired) electrons. The molecule has 1 N–H and O–H groups in total.